The molecule has 25 rings (SSSR count). The lowest BCUT2D eigenvalue weighted by Gasteiger charge is -2.26. The highest BCUT2D eigenvalue weighted by Crippen LogP contribution is 2.44. The number of H-pyrrole nitrogens is 4. The second-order valence-electron chi connectivity index (χ2n) is 37.5. The first-order valence-electron chi connectivity index (χ1n) is 49.2. The zero-order chi connectivity index (χ0) is 104. The number of carbonyl (C=O) groups is 6. The molecule has 6 amide bonds. The molecule has 2 fully saturated rings. The van der Waals surface area contributed by atoms with Crippen molar-refractivity contribution in [1.29, 1.82) is 0 Å². The molecular formula is C106H109N37O7. The van der Waals surface area contributed by atoms with Crippen LogP contribution in [0.15, 0.2) is 189 Å². The summed E-state index contributed by atoms with van der Waals surface area (Å²) in [6, 6.07) is 43.1. The maximum Gasteiger partial charge on any atom is 0.233 e. The van der Waals surface area contributed by atoms with Gasteiger partial charge in [0.15, 0.2) is 69.9 Å². The van der Waals surface area contributed by atoms with Gasteiger partial charge in [0.2, 0.25) is 35.4 Å². The SMILES string of the molecule is COCCn1ccnc1-c1nc(N)c2c(n1)N(Cc1ccccc1)C(=O)C2.Cc1ccc(CN2C(=O)Cc3c(N)nc(-c4ncc[nH]4)nc32)cn1.Cc1cnc(-c2nc(N)c3c(n2)N(Cc2ccccc2)C(=O)C3)[nH]1.Cc1nc(-c2nc(N)c3c(n2)N(Cc2ccccc2)C(=O)C3)[nH]c1C.Cn1ccnc1-c1nc(N)c2c(n1)N(Cc1ccccc1)C(=O)C2.Nc1nc(-c2ncc(C3CC3)[nH]2)nc2c1CC(=O)N2CC1CCCCC1. The molecule has 44 nitrogen and oxygen atoms in total. The fraction of sp³-hybridized carbons (Fsp3) is 0.274. The highest BCUT2D eigenvalue weighted by atomic mass is 16.5. The van der Waals surface area contributed by atoms with E-state index in [-0.39, 0.29) is 67.5 Å². The number of anilines is 12. The van der Waals surface area contributed by atoms with Gasteiger partial charge in [-0.3, -0.25) is 63.2 Å². The molecule has 0 atom stereocenters. The third kappa shape index (κ3) is 21.4. The van der Waals surface area contributed by atoms with Gasteiger partial charge in [0.25, 0.3) is 0 Å². The van der Waals surface area contributed by atoms with Crippen LogP contribution in [0.5, 0.6) is 0 Å². The molecule has 19 heterocycles. The van der Waals surface area contributed by atoms with Crippen LogP contribution in [0.1, 0.15) is 141 Å². The number of amides is 6. The van der Waals surface area contributed by atoms with Crippen LogP contribution in [-0.2, 0) is 118 Å². The molecule has 0 radical (unpaired) electrons. The highest BCUT2D eigenvalue weighted by molar-refractivity contribution is 6.06. The second kappa shape index (κ2) is 42.9. The maximum absolute atomic E-state index is 12.6. The molecule has 0 unspecified atom stereocenters. The number of pyridine rings is 1. The zero-order valence-electron chi connectivity index (χ0n) is 83.3. The van der Waals surface area contributed by atoms with Crippen molar-refractivity contribution in [1.82, 2.24) is 124 Å². The number of carbonyl (C=O) groups excluding carboxylic acids is 6. The summed E-state index contributed by atoms with van der Waals surface area (Å²) in [5, 5.41) is 0. The van der Waals surface area contributed by atoms with Crippen molar-refractivity contribution >= 4 is 105 Å². The largest absolute Gasteiger partial charge is 0.383 e. The van der Waals surface area contributed by atoms with Crippen LogP contribution in [0, 0.1) is 33.6 Å². The van der Waals surface area contributed by atoms with Crippen molar-refractivity contribution in [3.63, 3.8) is 0 Å². The molecule has 17 aromatic rings. The van der Waals surface area contributed by atoms with Crippen LogP contribution < -0.4 is 63.8 Å². The normalized spacial score (nSPS) is 14.6. The average molecular weight is 2010 g/mol. The van der Waals surface area contributed by atoms with E-state index in [9.17, 15) is 28.8 Å². The first kappa shape index (κ1) is 98.7. The molecule has 2 aliphatic carbocycles. The molecule has 0 spiro atoms. The van der Waals surface area contributed by atoms with E-state index in [1.165, 1.54) is 44.9 Å². The Hall–Kier alpha value is -18.7. The lowest BCUT2D eigenvalue weighted by atomic mass is 9.89. The molecule has 16 N–H and O–H groups in total. The quantitative estimate of drug-likeness (QED) is 0.0301. The van der Waals surface area contributed by atoms with Gasteiger partial charge < -0.3 is 68.2 Å². The van der Waals surface area contributed by atoms with Gasteiger partial charge in [-0.05, 0) is 93.2 Å². The third-order valence-electron chi connectivity index (χ3n) is 26.9. The summed E-state index contributed by atoms with van der Waals surface area (Å²) in [6.07, 6.45) is 25.7. The minimum absolute atomic E-state index is 0.0214. The van der Waals surface area contributed by atoms with Crippen LogP contribution in [0.3, 0.4) is 0 Å². The number of nitrogen functional groups attached to an aromatic ring is 6. The molecule has 0 saturated heterocycles. The van der Waals surface area contributed by atoms with Gasteiger partial charge >= 0.3 is 0 Å². The van der Waals surface area contributed by atoms with Crippen molar-refractivity contribution < 1.29 is 33.5 Å². The van der Waals surface area contributed by atoms with Gasteiger partial charge in [-0.2, -0.15) is 0 Å². The Kier molecular flexibility index (Phi) is 28.3. The molecule has 760 valence electrons. The summed E-state index contributed by atoms with van der Waals surface area (Å²) >= 11 is 0. The van der Waals surface area contributed by atoms with Crippen LogP contribution in [0.2, 0.25) is 0 Å². The van der Waals surface area contributed by atoms with Crippen molar-refractivity contribution in [2.24, 2.45) is 13.0 Å². The minimum atomic E-state index is -0.0526. The number of nitrogens with one attached hydrogen (secondary N) is 4. The number of methoxy groups -OCH3 is 1. The third-order valence-corrected chi connectivity index (χ3v) is 26.9. The Morgan fingerprint density at radius 1 is 0.353 bits per heavy atom. The van der Waals surface area contributed by atoms with Crippen LogP contribution in [0.25, 0.3) is 69.9 Å². The number of aromatic nitrogens is 25. The lowest BCUT2D eigenvalue weighted by molar-refractivity contribution is -0.118. The Morgan fingerprint density at radius 3 is 1.13 bits per heavy atom. The van der Waals surface area contributed by atoms with Crippen molar-refractivity contribution in [2.45, 2.75) is 156 Å². The summed E-state index contributed by atoms with van der Waals surface area (Å²) in [6.45, 7) is 11.8. The topological polar surface area (TPSA) is 605 Å². The fourth-order valence-electron chi connectivity index (χ4n) is 18.7. The fourth-order valence-corrected chi connectivity index (χ4v) is 18.7. The smallest absolute Gasteiger partial charge is 0.233 e. The molecular weight excluding hydrogens is 1900 g/mol. The number of imidazole rings is 6. The van der Waals surface area contributed by atoms with Crippen LogP contribution in [-0.4, -0.2) is 179 Å². The lowest BCUT2D eigenvalue weighted by Crippen LogP contribution is -2.33. The summed E-state index contributed by atoms with van der Waals surface area (Å²) in [4.78, 5) is 181. The number of fused-ring (bicyclic) bond motifs is 6. The zero-order valence-corrected chi connectivity index (χ0v) is 83.3. The standard InChI is InChI=1S/C19H20N6O2.C19H24N6O.C18H18N6O.2C17H16N6O.C16H15N7O/c1-27-10-9-24-8-7-21-19(24)17-22-16(20)14-11-15(26)25(18(14)23-17)12-13-5-3-2-4-6-13;20-16-13-8-15(26)25(10-11-4-2-1-3-5-11)19(13)24-18(23-16)17-21-9-14(22-17)12-6-7-12;1-10-11(2)21-16(20-10)17-22-15(19)13-8-14(25)24(18(13)23-17)9-12-6-4-3-5-7-12;1-10-8-19-15(20-10)16-21-14(18)12-7-13(24)23(17(12)22-16)9-11-5-3-2-4-6-11;1-22-8-7-19-17(22)15-20-14(18)12-9-13(24)23(16(12)21-15)10-11-5-3-2-4-6-11;1-9-2-3-10(7-20-9)8-23-12(24)6-11-13(17)21-15(22-16(11)23)14-18-4-5-19-14/h2-8H,9-12H2,1H3,(H2,20,22,23);9,11-12H,1-8,10H2,(H,21,22)(H2,20,23,24);3-7H,8-9H2,1-2H3,(H,20,21)(H2,19,22,23);2-6,8H,7,9H2,1H3,(H,19,20)(H2,18,21,22);2-8H,9-10H2,1H3,(H2,18,20,21);2-5,7H,6,8H2,1H3,(H,18,19)(H2,17,21,22). The molecule has 13 aromatic heterocycles. The first-order chi connectivity index (χ1) is 72.7. The number of ether oxygens (including phenoxy) is 1. The summed E-state index contributed by atoms with van der Waals surface area (Å²) in [5.74, 6) is 12.6. The van der Waals surface area contributed by atoms with Crippen LogP contribution >= 0.6 is 0 Å². The van der Waals surface area contributed by atoms with E-state index in [1.807, 2.05) is 201 Å². The molecule has 6 aliphatic heterocycles. The van der Waals surface area contributed by atoms with E-state index in [4.69, 9.17) is 44.1 Å². The van der Waals surface area contributed by atoms with Crippen molar-refractivity contribution in [3.8, 4) is 69.9 Å². The average Bonchev–Trinajstić information content (AvgIpc) is 1.64. The van der Waals surface area contributed by atoms with E-state index in [0.717, 1.165) is 68.4 Å². The van der Waals surface area contributed by atoms with Gasteiger partial charge in [0.05, 0.1) is 83.5 Å². The molecule has 150 heavy (non-hydrogen) atoms. The molecule has 2 saturated carbocycles. The monoisotopic (exact) mass is 2010 g/mol. The Labute approximate surface area is 860 Å². The number of nitrogens with two attached hydrogens (primary N) is 6. The number of hydrogen-bond donors (Lipinski definition) is 10. The van der Waals surface area contributed by atoms with E-state index < -0.39 is 0 Å². The summed E-state index contributed by atoms with van der Waals surface area (Å²) < 4.78 is 8.86. The number of benzene rings is 4. The van der Waals surface area contributed by atoms with Crippen LogP contribution in [0.4, 0.5) is 69.8 Å². The number of hydrogen-bond acceptors (Lipinski definition) is 32. The number of rotatable bonds is 22. The number of aryl methyl sites for hydroxylation is 5. The molecule has 44 heteroatoms. The van der Waals surface area contributed by atoms with E-state index in [1.54, 1.807) is 68.8 Å². The predicted octanol–water partition coefficient (Wildman–Crippen LogP) is 11.2. The maximum atomic E-state index is 12.6. The Morgan fingerprint density at radius 2 is 0.740 bits per heavy atom. The summed E-state index contributed by atoms with van der Waals surface area (Å²) in [7, 11) is 3.51. The summed E-state index contributed by atoms with van der Waals surface area (Å²) in [5.41, 5.74) is 50.6. The van der Waals surface area contributed by atoms with Gasteiger partial charge in [-0.1, -0.05) is 147 Å². The van der Waals surface area contributed by atoms with Gasteiger partial charge in [0.1, 0.15) is 69.8 Å². The van der Waals surface area contributed by atoms with Crippen molar-refractivity contribution in [2.75, 3.05) is 84.1 Å². The molecule has 8 aliphatic rings. The molecule has 0 bridgehead atoms. The van der Waals surface area contributed by atoms with Crippen molar-refractivity contribution in [3.05, 3.63) is 279 Å². The number of nitrogens with zero attached hydrogens (tertiary/aromatic N) is 27. The second-order valence-corrected chi connectivity index (χ2v) is 37.5. The highest BCUT2D eigenvalue weighted by Gasteiger charge is 2.41. The number of aromatic amines is 4. The predicted molar refractivity (Wildman–Crippen MR) is 562 cm³/mol. The Balaban J connectivity index is 0.000000109. The first-order valence-corrected chi connectivity index (χ1v) is 49.2. The van der Waals surface area contributed by atoms with Gasteiger partial charge in [-0.15, -0.1) is 0 Å². The Bertz CT molecular complexity index is 7870. The van der Waals surface area contributed by atoms with E-state index in [0.29, 0.717) is 232 Å². The van der Waals surface area contributed by atoms with Gasteiger partial charge in [-0.25, -0.2) is 89.7 Å². The minimum Gasteiger partial charge on any atom is -0.383 e. The molecule has 4 aromatic carbocycles. The van der Waals surface area contributed by atoms with E-state index >= 15 is 0 Å². The van der Waals surface area contributed by atoms with Gasteiger partial charge in [0, 0.05) is 145 Å². The van der Waals surface area contributed by atoms with E-state index in [2.05, 4.69) is 110 Å².